The number of aliphatic hydroxyl groups is 1. The average Bonchev–Trinajstić information content (AvgIpc) is 3.17. The lowest BCUT2D eigenvalue weighted by Crippen LogP contribution is -2.29. The highest BCUT2D eigenvalue weighted by Crippen LogP contribution is 2.43. The molecule has 0 aromatic heterocycles. The van der Waals surface area contributed by atoms with Crippen LogP contribution in [0, 0.1) is 0 Å². The van der Waals surface area contributed by atoms with Gasteiger partial charge in [-0.25, -0.2) is 0 Å². The van der Waals surface area contributed by atoms with E-state index in [1.54, 1.807) is 72.8 Å². The monoisotopic (exact) mass is 501 g/mol. The molecule has 37 heavy (non-hydrogen) atoms. The van der Waals surface area contributed by atoms with Gasteiger partial charge in [0.1, 0.15) is 23.0 Å². The van der Waals surface area contributed by atoms with Gasteiger partial charge >= 0.3 is 5.97 Å². The Morgan fingerprint density at radius 1 is 0.946 bits per heavy atom. The van der Waals surface area contributed by atoms with Gasteiger partial charge in [0.2, 0.25) is 0 Å². The Kier molecular flexibility index (Phi) is 7.57. The molecule has 1 amide bonds. The van der Waals surface area contributed by atoms with Crippen LogP contribution >= 0.6 is 0 Å². The fraction of sp³-hybridized carbons (Fsp3) is 0.207. The molecule has 1 atom stereocenters. The number of benzene rings is 3. The van der Waals surface area contributed by atoms with Gasteiger partial charge in [0, 0.05) is 24.2 Å². The molecule has 1 aliphatic rings. The second kappa shape index (κ2) is 11.0. The summed E-state index contributed by atoms with van der Waals surface area (Å²) < 4.78 is 16.0. The lowest BCUT2D eigenvalue weighted by Gasteiger charge is -2.26. The summed E-state index contributed by atoms with van der Waals surface area (Å²) in [6.07, 6.45) is 0.853. The molecule has 0 bridgehead atoms. The number of amides is 1. The van der Waals surface area contributed by atoms with E-state index in [4.69, 9.17) is 14.2 Å². The number of hydrogen-bond acceptors (Lipinski definition) is 7. The minimum Gasteiger partial charge on any atom is -0.507 e. The van der Waals surface area contributed by atoms with E-state index in [0.717, 1.165) is 6.42 Å². The molecule has 0 spiro atoms. The Morgan fingerprint density at radius 2 is 1.62 bits per heavy atom. The summed E-state index contributed by atoms with van der Waals surface area (Å²) in [5, 5.41) is 11.3. The predicted molar refractivity (Wildman–Crippen MR) is 138 cm³/mol. The molecule has 1 fully saturated rings. The van der Waals surface area contributed by atoms with Gasteiger partial charge in [-0.2, -0.15) is 0 Å². The molecule has 8 heteroatoms. The van der Waals surface area contributed by atoms with Crippen molar-refractivity contribution in [2.24, 2.45) is 0 Å². The maximum Gasteiger partial charge on any atom is 0.308 e. The van der Waals surface area contributed by atoms with Crippen LogP contribution in [0.5, 0.6) is 17.2 Å². The first kappa shape index (κ1) is 25.5. The van der Waals surface area contributed by atoms with Crippen LogP contribution < -0.4 is 19.1 Å². The third-order valence-corrected chi connectivity index (χ3v) is 5.83. The highest BCUT2D eigenvalue weighted by Gasteiger charge is 2.47. The highest BCUT2D eigenvalue weighted by molar-refractivity contribution is 6.51. The van der Waals surface area contributed by atoms with Crippen molar-refractivity contribution < 1.29 is 33.7 Å². The molecular weight excluding hydrogens is 474 g/mol. The Hall–Kier alpha value is -4.59. The summed E-state index contributed by atoms with van der Waals surface area (Å²) in [4.78, 5) is 39.3. The molecule has 3 aromatic rings. The number of nitrogens with zero attached hydrogens (tertiary/aromatic N) is 1. The van der Waals surface area contributed by atoms with Crippen LogP contribution in [0.25, 0.3) is 5.76 Å². The third-order valence-electron chi connectivity index (χ3n) is 5.83. The number of hydrogen-bond donors (Lipinski definition) is 1. The van der Waals surface area contributed by atoms with Gasteiger partial charge < -0.3 is 19.3 Å². The molecule has 1 heterocycles. The molecule has 190 valence electrons. The van der Waals surface area contributed by atoms with E-state index >= 15 is 0 Å². The van der Waals surface area contributed by atoms with Crippen LogP contribution in [-0.4, -0.2) is 36.5 Å². The van der Waals surface area contributed by atoms with Crippen molar-refractivity contribution in [3.8, 4) is 17.2 Å². The minimum atomic E-state index is -0.936. The Morgan fingerprint density at radius 3 is 2.24 bits per heavy atom. The molecule has 1 unspecified atom stereocenters. The number of ether oxygens (including phenoxy) is 3. The first-order valence-corrected chi connectivity index (χ1v) is 11.8. The number of Topliss-reactive ketones (excluding diaryl/α,β-unsaturated/α-hetero) is 1. The van der Waals surface area contributed by atoms with Crippen molar-refractivity contribution in [1.29, 1.82) is 0 Å². The second-order valence-corrected chi connectivity index (χ2v) is 8.41. The first-order valence-electron chi connectivity index (χ1n) is 11.8. The maximum atomic E-state index is 13.3. The topological polar surface area (TPSA) is 102 Å². The van der Waals surface area contributed by atoms with Crippen molar-refractivity contribution in [2.75, 3.05) is 18.6 Å². The van der Waals surface area contributed by atoms with Crippen molar-refractivity contribution in [3.05, 3.63) is 89.5 Å². The summed E-state index contributed by atoms with van der Waals surface area (Å²) in [7, 11) is 1.51. The first-order chi connectivity index (χ1) is 17.8. The largest absolute Gasteiger partial charge is 0.507 e. The predicted octanol–water partition coefficient (Wildman–Crippen LogP) is 5.04. The van der Waals surface area contributed by atoms with E-state index in [-0.39, 0.29) is 11.3 Å². The lowest BCUT2D eigenvalue weighted by molar-refractivity contribution is -0.132. The van der Waals surface area contributed by atoms with Crippen LogP contribution in [0.1, 0.15) is 37.4 Å². The number of aliphatic hydroxyl groups excluding tert-OH is 1. The fourth-order valence-electron chi connectivity index (χ4n) is 4.14. The molecular formula is C29H27NO7. The van der Waals surface area contributed by atoms with Gasteiger partial charge in [0.05, 0.1) is 25.3 Å². The fourth-order valence-corrected chi connectivity index (χ4v) is 4.14. The molecule has 3 aromatic carbocycles. The van der Waals surface area contributed by atoms with Crippen LogP contribution in [-0.2, 0) is 14.4 Å². The normalized spacial score (nSPS) is 16.5. The van der Waals surface area contributed by atoms with Gasteiger partial charge in [0.15, 0.2) is 0 Å². The summed E-state index contributed by atoms with van der Waals surface area (Å²) in [6.45, 7) is 3.85. The van der Waals surface area contributed by atoms with E-state index in [1.807, 2.05) is 6.92 Å². The molecule has 1 saturated heterocycles. The van der Waals surface area contributed by atoms with Gasteiger partial charge in [-0.05, 0) is 60.5 Å². The number of rotatable bonds is 8. The second-order valence-electron chi connectivity index (χ2n) is 8.41. The van der Waals surface area contributed by atoms with Crippen LogP contribution in [0.2, 0.25) is 0 Å². The summed E-state index contributed by atoms with van der Waals surface area (Å²) in [6, 6.07) is 19.0. The van der Waals surface area contributed by atoms with Crippen LogP contribution in [0.4, 0.5) is 5.69 Å². The highest BCUT2D eigenvalue weighted by atomic mass is 16.5. The molecule has 1 aliphatic heterocycles. The summed E-state index contributed by atoms with van der Waals surface area (Å²) in [5.41, 5.74) is 1.28. The SMILES string of the molecule is CCCOc1ccc(/C(O)=C2\C(=O)C(=O)N(c3cccc(OC)c3)C2c2ccc(OC(C)=O)cc2)cc1. The number of carbonyl (C=O) groups excluding carboxylic acids is 3. The van der Waals surface area contributed by atoms with E-state index in [2.05, 4.69) is 0 Å². The zero-order valence-electron chi connectivity index (χ0n) is 20.8. The van der Waals surface area contributed by atoms with Crippen molar-refractivity contribution in [1.82, 2.24) is 0 Å². The number of methoxy groups -OCH3 is 1. The van der Waals surface area contributed by atoms with Crippen LogP contribution in [0.15, 0.2) is 78.4 Å². The molecule has 0 aliphatic carbocycles. The Labute approximate surface area is 214 Å². The van der Waals surface area contributed by atoms with E-state index in [1.165, 1.54) is 18.9 Å². The molecule has 0 radical (unpaired) electrons. The number of anilines is 1. The van der Waals surface area contributed by atoms with E-state index in [9.17, 15) is 19.5 Å². The smallest absolute Gasteiger partial charge is 0.308 e. The molecule has 8 nitrogen and oxygen atoms in total. The molecule has 0 saturated carbocycles. The quantitative estimate of drug-likeness (QED) is 0.152. The minimum absolute atomic E-state index is 0.0599. The van der Waals surface area contributed by atoms with Gasteiger partial charge in [0.25, 0.3) is 11.7 Å². The molecule has 1 N–H and O–H groups in total. The lowest BCUT2D eigenvalue weighted by atomic mass is 9.95. The van der Waals surface area contributed by atoms with Gasteiger partial charge in [-0.3, -0.25) is 19.3 Å². The van der Waals surface area contributed by atoms with Gasteiger partial charge in [-0.15, -0.1) is 0 Å². The average molecular weight is 502 g/mol. The van der Waals surface area contributed by atoms with Crippen molar-refractivity contribution >= 4 is 29.1 Å². The summed E-state index contributed by atoms with van der Waals surface area (Å²) >= 11 is 0. The standard InChI is InChI=1S/C29H27NO7/c1-4-16-36-22-12-10-20(11-13-22)27(32)25-26(19-8-14-23(15-9-19)37-18(2)31)30(29(34)28(25)33)21-6-5-7-24(17-21)35-3/h5-15,17,26,32H,4,16H2,1-3H3/b27-25+. The zero-order chi connectivity index (χ0) is 26.5. The molecule has 4 rings (SSSR count). The summed E-state index contributed by atoms with van der Waals surface area (Å²) in [5.74, 6) is -0.926. The van der Waals surface area contributed by atoms with Gasteiger partial charge in [-0.1, -0.05) is 25.1 Å². The Bertz CT molecular complexity index is 1340. The number of ketones is 1. The van der Waals surface area contributed by atoms with E-state index in [0.29, 0.717) is 40.7 Å². The third kappa shape index (κ3) is 5.33. The van der Waals surface area contributed by atoms with Crippen molar-refractivity contribution in [3.63, 3.8) is 0 Å². The zero-order valence-corrected chi connectivity index (χ0v) is 20.8. The van der Waals surface area contributed by atoms with E-state index < -0.39 is 23.7 Å². The number of carbonyl (C=O) groups is 3. The maximum absolute atomic E-state index is 13.3. The number of esters is 1. The Balaban J connectivity index is 1.84. The van der Waals surface area contributed by atoms with Crippen molar-refractivity contribution in [2.45, 2.75) is 26.3 Å². The van der Waals surface area contributed by atoms with Crippen LogP contribution in [0.3, 0.4) is 0 Å².